The van der Waals surface area contributed by atoms with Gasteiger partial charge in [-0.25, -0.2) is 0 Å². The maximum absolute atomic E-state index is 4.69. The van der Waals surface area contributed by atoms with Crippen LogP contribution in [0.4, 0.5) is 0 Å². The van der Waals surface area contributed by atoms with E-state index in [4.69, 9.17) is 0 Å². The van der Waals surface area contributed by atoms with Gasteiger partial charge in [0, 0.05) is 58.9 Å². The van der Waals surface area contributed by atoms with Crippen LogP contribution in [-0.4, -0.2) is 49.2 Å². The van der Waals surface area contributed by atoms with E-state index in [2.05, 4.69) is 86.5 Å². The number of hydrogen-bond acceptors (Lipinski definition) is 5. The van der Waals surface area contributed by atoms with Gasteiger partial charge >= 0.3 is 0 Å². The summed E-state index contributed by atoms with van der Waals surface area (Å²) in [4.78, 5) is 7.21. The van der Waals surface area contributed by atoms with Gasteiger partial charge in [-0.05, 0) is 28.5 Å². The smallest absolute Gasteiger partial charge is 0.0545 e. The first-order valence-electron chi connectivity index (χ1n) is 10.6. The van der Waals surface area contributed by atoms with Crippen molar-refractivity contribution in [2.45, 2.75) is 19.6 Å². The van der Waals surface area contributed by atoms with Gasteiger partial charge in [-0.15, -0.1) is 37.2 Å². The van der Waals surface area contributed by atoms with E-state index >= 15 is 0 Å². The molecule has 4 rings (SSSR count). The van der Waals surface area contributed by atoms with Crippen LogP contribution in [0.3, 0.4) is 0 Å². The van der Waals surface area contributed by atoms with E-state index in [1.165, 1.54) is 16.3 Å². The minimum absolute atomic E-state index is 0. The van der Waals surface area contributed by atoms with Crippen molar-refractivity contribution >= 4 is 48.0 Å². The van der Waals surface area contributed by atoms with Gasteiger partial charge in [0.25, 0.3) is 0 Å². The Labute approximate surface area is 210 Å². The fourth-order valence-corrected chi connectivity index (χ4v) is 3.88. The van der Waals surface area contributed by atoms with Crippen LogP contribution >= 0.6 is 37.2 Å². The van der Waals surface area contributed by atoms with Crippen molar-refractivity contribution in [2.75, 3.05) is 39.3 Å². The molecule has 1 aromatic heterocycles. The highest BCUT2D eigenvalue weighted by Gasteiger charge is 2.07. The summed E-state index contributed by atoms with van der Waals surface area (Å²) >= 11 is 0. The molecule has 2 aromatic carbocycles. The van der Waals surface area contributed by atoms with E-state index in [1.807, 2.05) is 0 Å². The van der Waals surface area contributed by atoms with Crippen LogP contribution < -0.4 is 16.0 Å². The van der Waals surface area contributed by atoms with Gasteiger partial charge in [-0.3, -0.25) is 9.88 Å². The van der Waals surface area contributed by atoms with Crippen molar-refractivity contribution in [1.29, 1.82) is 0 Å². The summed E-state index contributed by atoms with van der Waals surface area (Å²) < 4.78 is 0. The molecule has 0 amide bonds. The minimum atomic E-state index is 0. The van der Waals surface area contributed by atoms with E-state index < -0.39 is 0 Å². The Morgan fingerprint density at radius 2 is 1.41 bits per heavy atom. The largest absolute Gasteiger partial charge is 0.311 e. The van der Waals surface area contributed by atoms with Crippen LogP contribution in [0.5, 0.6) is 0 Å². The topological polar surface area (TPSA) is 52.2 Å². The van der Waals surface area contributed by atoms with E-state index in [9.17, 15) is 0 Å². The summed E-state index contributed by atoms with van der Waals surface area (Å²) in [5, 5.41) is 13.4. The van der Waals surface area contributed by atoms with Crippen molar-refractivity contribution < 1.29 is 0 Å². The summed E-state index contributed by atoms with van der Waals surface area (Å²) in [5.41, 5.74) is 3.61. The lowest BCUT2D eigenvalue weighted by molar-refractivity contribution is 0.270. The third-order valence-electron chi connectivity index (χ3n) is 5.49. The third kappa shape index (κ3) is 8.49. The standard InChI is InChI=1S/C24H31N5.3ClH/c1-2-10-24-20(5-1)6-3-7-21(24)17-25-11-14-29-15-12-26-18-22-8-4-9-23(28-22)19-27-13-16-29;;;/h1-10,25-27H,11-19H2;3*1H. The lowest BCUT2D eigenvalue weighted by Crippen LogP contribution is -2.40. The highest BCUT2D eigenvalue weighted by atomic mass is 35.5. The summed E-state index contributed by atoms with van der Waals surface area (Å²) in [5.74, 6) is 0. The van der Waals surface area contributed by atoms with Crippen LogP contribution in [0.2, 0.25) is 0 Å². The predicted octanol–water partition coefficient (Wildman–Crippen LogP) is 3.78. The molecular weight excluding hydrogens is 465 g/mol. The second-order valence-electron chi connectivity index (χ2n) is 7.63. The number of nitrogens with zero attached hydrogens (tertiary/aromatic N) is 2. The van der Waals surface area contributed by atoms with Crippen LogP contribution in [0.1, 0.15) is 17.0 Å². The maximum Gasteiger partial charge on any atom is 0.0545 e. The average Bonchev–Trinajstić information content (AvgIpc) is 2.76. The zero-order valence-electron chi connectivity index (χ0n) is 18.3. The molecule has 1 aliphatic rings. The van der Waals surface area contributed by atoms with Gasteiger partial charge in [-0.2, -0.15) is 0 Å². The highest BCUT2D eigenvalue weighted by Crippen LogP contribution is 2.18. The SMILES string of the molecule is Cl.Cl.Cl.c1cc2nc(c1)CNCCN(CCNCc1cccc3ccccc13)CCNC2. The number of halogens is 3. The quantitative estimate of drug-likeness (QED) is 0.467. The monoisotopic (exact) mass is 497 g/mol. The molecule has 0 fully saturated rings. The zero-order valence-corrected chi connectivity index (χ0v) is 20.7. The van der Waals surface area contributed by atoms with E-state index in [0.29, 0.717) is 0 Å². The van der Waals surface area contributed by atoms with Gasteiger partial charge in [0.1, 0.15) is 0 Å². The molecule has 0 saturated heterocycles. The van der Waals surface area contributed by atoms with Crippen molar-refractivity contribution in [1.82, 2.24) is 25.8 Å². The number of fused-ring (bicyclic) bond motifs is 3. The molecule has 0 radical (unpaired) electrons. The molecular formula is C24H34Cl3N5. The first kappa shape index (κ1) is 28.6. The summed E-state index contributed by atoms with van der Waals surface area (Å²) in [6.45, 7) is 8.69. The Hall–Kier alpha value is -1.44. The molecule has 0 unspecified atom stereocenters. The van der Waals surface area contributed by atoms with Crippen LogP contribution in [0.25, 0.3) is 10.8 Å². The van der Waals surface area contributed by atoms with Gasteiger partial charge < -0.3 is 16.0 Å². The lowest BCUT2D eigenvalue weighted by Gasteiger charge is -2.23. The Balaban J connectivity index is 0.00000171. The fourth-order valence-electron chi connectivity index (χ4n) is 3.88. The Morgan fingerprint density at radius 3 is 2.12 bits per heavy atom. The molecule has 0 aliphatic carbocycles. The fraction of sp³-hybridized carbons (Fsp3) is 0.375. The molecule has 0 spiro atoms. The maximum atomic E-state index is 4.69. The number of aromatic nitrogens is 1. The summed E-state index contributed by atoms with van der Waals surface area (Å²) in [6, 6.07) is 21.5. The van der Waals surface area contributed by atoms with Gasteiger partial charge in [0.15, 0.2) is 0 Å². The lowest BCUT2D eigenvalue weighted by atomic mass is 10.0. The molecule has 0 saturated carbocycles. The van der Waals surface area contributed by atoms with Crippen LogP contribution in [0.15, 0.2) is 60.7 Å². The van der Waals surface area contributed by atoms with E-state index in [0.717, 1.165) is 70.3 Å². The van der Waals surface area contributed by atoms with Crippen molar-refractivity contribution in [2.24, 2.45) is 0 Å². The number of hydrogen-bond donors (Lipinski definition) is 3. The Morgan fingerprint density at radius 1 is 0.781 bits per heavy atom. The molecule has 1 aliphatic heterocycles. The molecule has 3 aromatic rings. The normalized spacial score (nSPS) is 14.8. The van der Waals surface area contributed by atoms with Gasteiger partial charge in [0.05, 0.1) is 11.4 Å². The average molecular weight is 499 g/mol. The first-order chi connectivity index (χ1) is 14.4. The number of pyridine rings is 1. The van der Waals surface area contributed by atoms with Gasteiger partial charge in [-0.1, -0.05) is 48.5 Å². The summed E-state index contributed by atoms with van der Waals surface area (Å²) in [7, 11) is 0. The molecule has 3 N–H and O–H groups in total. The van der Waals surface area contributed by atoms with E-state index in [1.54, 1.807) is 0 Å². The third-order valence-corrected chi connectivity index (χ3v) is 5.49. The molecule has 2 bridgehead atoms. The Kier molecular flexibility index (Phi) is 13.8. The van der Waals surface area contributed by atoms with Gasteiger partial charge in [0.2, 0.25) is 0 Å². The molecule has 176 valence electrons. The highest BCUT2D eigenvalue weighted by molar-refractivity contribution is 5.86. The second kappa shape index (κ2) is 15.4. The molecule has 2 heterocycles. The van der Waals surface area contributed by atoms with Crippen LogP contribution in [-0.2, 0) is 19.6 Å². The van der Waals surface area contributed by atoms with E-state index in [-0.39, 0.29) is 37.2 Å². The zero-order chi connectivity index (χ0) is 19.7. The number of nitrogens with one attached hydrogen (secondary N) is 3. The molecule has 32 heavy (non-hydrogen) atoms. The Bertz CT molecular complexity index is 892. The number of benzene rings is 2. The van der Waals surface area contributed by atoms with Crippen molar-refractivity contribution in [3.8, 4) is 0 Å². The van der Waals surface area contributed by atoms with Crippen molar-refractivity contribution in [3.05, 3.63) is 77.6 Å². The van der Waals surface area contributed by atoms with Crippen LogP contribution in [0, 0.1) is 0 Å². The molecule has 8 heteroatoms. The molecule has 5 nitrogen and oxygen atoms in total. The second-order valence-corrected chi connectivity index (χ2v) is 7.63. The summed E-state index contributed by atoms with van der Waals surface area (Å²) in [6.07, 6.45) is 0. The first-order valence-corrected chi connectivity index (χ1v) is 10.6. The van der Waals surface area contributed by atoms with Crippen molar-refractivity contribution in [3.63, 3.8) is 0 Å². The predicted molar refractivity (Wildman–Crippen MR) is 141 cm³/mol. The minimum Gasteiger partial charge on any atom is -0.311 e. The number of rotatable bonds is 5. The molecule has 0 atom stereocenters.